The van der Waals surface area contributed by atoms with Crippen LogP contribution in [-0.4, -0.2) is 19.3 Å². The quantitative estimate of drug-likeness (QED) is 0.631. The fourth-order valence-corrected chi connectivity index (χ4v) is 0.834. The number of nitrogens with zero attached hydrogens (tertiary/aromatic N) is 1. The molecule has 0 aromatic heterocycles. The Morgan fingerprint density at radius 1 is 1.18 bits per heavy atom. The molecule has 0 aliphatic carbocycles. The molecule has 3 nitrogen and oxygen atoms in total. The molecular weight excluding hydrogens is 140 g/mol. The molecule has 0 spiro atoms. The Morgan fingerprint density at radius 3 is 2.09 bits per heavy atom. The standard InChI is InChI=1S/C8H12N2O/c1-10(2)8-5-3-7(9-11)4-6-8/h3-6,9,11H,1-2H3. The summed E-state index contributed by atoms with van der Waals surface area (Å²) in [7, 11) is 3.95. The molecular formula is C8H12N2O. The summed E-state index contributed by atoms with van der Waals surface area (Å²) in [5.41, 5.74) is 3.89. The normalized spacial score (nSPS) is 9.36. The number of hydrogen-bond acceptors (Lipinski definition) is 3. The van der Waals surface area contributed by atoms with E-state index < -0.39 is 0 Å². The Morgan fingerprint density at radius 2 is 1.73 bits per heavy atom. The van der Waals surface area contributed by atoms with Crippen molar-refractivity contribution >= 4 is 11.4 Å². The molecule has 0 atom stereocenters. The molecule has 0 amide bonds. The topological polar surface area (TPSA) is 35.5 Å². The van der Waals surface area contributed by atoms with Crippen molar-refractivity contribution in [1.82, 2.24) is 0 Å². The van der Waals surface area contributed by atoms with Crippen LogP contribution in [0.25, 0.3) is 0 Å². The zero-order valence-electron chi connectivity index (χ0n) is 6.70. The molecule has 0 heterocycles. The van der Waals surface area contributed by atoms with Crippen LogP contribution in [0, 0.1) is 0 Å². The summed E-state index contributed by atoms with van der Waals surface area (Å²) in [4.78, 5) is 2.00. The smallest absolute Gasteiger partial charge is 0.0603 e. The third-order valence-corrected chi connectivity index (χ3v) is 1.51. The fourth-order valence-electron chi connectivity index (χ4n) is 0.834. The summed E-state index contributed by atoms with van der Waals surface area (Å²) in [6, 6.07) is 7.49. The highest BCUT2D eigenvalue weighted by Crippen LogP contribution is 2.14. The summed E-state index contributed by atoms with van der Waals surface area (Å²) < 4.78 is 0. The first-order valence-electron chi connectivity index (χ1n) is 3.41. The Balaban J connectivity index is 2.83. The van der Waals surface area contributed by atoms with Gasteiger partial charge in [-0.25, -0.2) is 0 Å². The van der Waals surface area contributed by atoms with E-state index in [9.17, 15) is 0 Å². The lowest BCUT2D eigenvalue weighted by molar-refractivity contribution is 0.389. The van der Waals surface area contributed by atoms with Gasteiger partial charge in [0.2, 0.25) is 0 Å². The van der Waals surface area contributed by atoms with Gasteiger partial charge < -0.3 is 4.90 Å². The van der Waals surface area contributed by atoms with Gasteiger partial charge in [-0.1, -0.05) is 0 Å². The summed E-state index contributed by atoms with van der Waals surface area (Å²) in [5.74, 6) is 0. The van der Waals surface area contributed by atoms with Gasteiger partial charge in [-0.05, 0) is 24.3 Å². The number of rotatable bonds is 2. The van der Waals surface area contributed by atoms with Crippen molar-refractivity contribution < 1.29 is 5.21 Å². The number of nitrogens with one attached hydrogen (secondary N) is 1. The minimum Gasteiger partial charge on any atom is -0.378 e. The second-order valence-electron chi connectivity index (χ2n) is 2.55. The van der Waals surface area contributed by atoms with Gasteiger partial charge in [0.1, 0.15) is 0 Å². The molecule has 11 heavy (non-hydrogen) atoms. The number of benzene rings is 1. The zero-order chi connectivity index (χ0) is 8.27. The van der Waals surface area contributed by atoms with Gasteiger partial charge in [0.15, 0.2) is 0 Å². The summed E-state index contributed by atoms with van der Waals surface area (Å²) in [6.45, 7) is 0. The van der Waals surface area contributed by atoms with Gasteiger partial charge in [-0.2, -0.15) is 0 Å². The van der Waals surface area contributed by atoms with Gasteiger partial charge in [0.05, 0.1) is 5.69 Å². The molecule has 1 aromatic carbocycles. The van der Waals surface area contributed by atoms with Gasteiger partial charge >= 0.3 is 0 Å². The van der Waals surface area contributed by atoms with E-state index in [0.29, 0.717) is 5.69 Å². The van der Waals surface area contributed by atoms with Crippen LogP contribution in [0.15, 0.2) is 24.3 Å². The van der Waals surface area contributed by atoms with Crippen LogP contribution in [0.3, 0.4) is 0 Å². The molecule has 2 N–H and O–H groups in total. The number of anilines is 2. The largest absolute Gasteiger partial charge is 0.378 e. The summed E-state index contributed by atoms with van der Waals surface area (Å²) in [6.07, 6.45) is 0. The molecule has 1 aromatic rings. The van der Waals surface area contributed by atoms with Gasteiger partial charge in [0.25, 0.3) is 0 Å². The fraction of sp³-hybridized carbons (Fsp3) is 0.250. The van der Waals surface area contributed by atoms with Gasteiger partial charge in [0, 0.05) is 19.8 Å². The lowest BCUT2D eigenvalue weighted by Gasteiger charge is -2.11. The van der Waals surface area contributed by atoms with E-state index in [1.807, 2.05) is 43.3 Å². The minimum absolute atomic E-state index is 0.704. The van der Waals surface area contributed by atoms with Crippen LogP contribution in [0.1, 0.15) is 0 Å². The number of hydrogen-bond donors (Lipinski definition) is 2. The maximum atomic E-state index is 8.50. The third kappa shape index (κ3) is 1.85. The highest BCUT2D eigenvalue weighted by Gasteiger charge is 1.93. The van der Waals surface area contributed by atoms with E-state index in [4.69, 9.17) is 5.21 Å². The Kier molecular flexibility index (Phi) is 2.33. The maximum absolute atomic E-state index is 8.50. The molecule has 60 valence electrons. The van der Waals surface area contributed by atoms with Crippen LogP contribution < -0.4 is 10.4 Å². The van der Waals surface area contributed by atoms with Crippen molar-refractivity contribution in [2.24, 2.45) is 0 Å². The van der Waals surface area contributed by atoms with E-state index in [1.54, 1.807) is 0 Å². The first-order valence-corrected chi connectivity index (χ1v) is 3.41. The summed E-state index contributed by atoms with van der Waals surface area (Å²) >= 11 is 0. The molecule has 0 aliphatic rings. The van der Waals surface area contributed by atoms with Crippen LogP contribution >= 0.6 is 0 Å². The first kappa shape index (κ1) is 7.88. The van der Waals surface area contributed by atoms with Crippen LogP contribution in [0.4, 0.5) is 11.4 Å². The SMILES string of the molecule is CN(C)c1ccc(NO)cc1. The van der Waals surface area contributed by atoms with Crippen molar-refractivity contribution in [2.75, 3.05) is 24.5 Å². The lowest BCUT2D eigenvalue weighted by atomic mass is 10.3. The second-order valence-corrected chi connectivity index (χ2v) is 2.55. The highest BCUT2D eigenvalue weighted by molar-refractivity contribution is 5.53. The lowest BCUT2D eigenvalue weighted by Crippen LogP contribution is -2.08. The van der Waals surface area contributed by atoms with Crippen molar-refractivity contribution in [3.05, 3.63) is 24.3 Å². The molecule has 0 saturated heterocycles. The highest BCUT2D eigenvalue weighted by atomic mass is 16.5. The predicted molar refractivity (Wildman–Crippen MR) is 46.2 cm³/mol. The Hall–Kier alpha value is -1.22. The molecule has 3 heteroatoms. The monoisotopic (exact) mass is 152 g/mol. The Labute approximate surface area is 66.2 Å². The summed E-state index contributed by atoms with van der Waals surface area (Å²) in [5, 5.41) is 8.50. The van der Waals surface area contributed by atoms with E-state index in [2.05, 4.69) is 5.48 Å². The minimum atomic E-state index is 0.704. The van der Waals surface area contributed by atoms with Crippen LogP contribution in [-0.2, 0) is 0 Å². The molecule has 0 fully saturated rings. The zero-order valence-corrected chi connectivity index (χ0v) is 6.70. The van der Waals surface area contributed by atoms with Crippen molar-refractivity contribution in [1.29, 1.82) is 0 Å². The van der Waals surface area contributed by atoms with Gasteiger partial charge in [-0.15, -0.1) is 0 Å². The average molecular weight is 152 g/mol. The van der Waals surface area contributed by atoms with E-state index in [-0.39, 0.29) is 0 Å². The van der Waals surface area contributed by atoms with Gasteiger partial charge in [-0.3, -0.25) is 10.7 Å². The van der Waals surface area contributed by atoms with Crippen molar-refractivity contribution in [3.8, 4) is 0 Å². The molecule has 0 unspecified atom stereocenters. The average Bonchev–Trinajstić information content (AvgIpc) is 2.05. The molecule has 0 radical (unpaired) electrons. The first-order chi connectivity index (χ1) is 5.24. The molecule has 0 bridgehead atoms. The molecule has 1 rings (SSSR count). The van der Waals surface area contributed by atoms with Crippen LogP contribution in [0.5, 0.6) is 0 Å². The van der Waals surface area contributed by atoms with E-state index in [0.717, 1.165) is 5.69 Å². The van der Waals surface area contributed by atoms with E-state index >= 15 is 0 Å². The molecule has 0 saturated carbocycles. The van der Waals surface area contributed by atoms with E-state index in [1.165, 1.54) is 0 Å². The second kappa shape index (κ2) is 3.25. The van der Waals surface area contributed by atoms with Crippen molar-refractivity contribution in [3.63, 3.8) is 0 Å². The maximum Gasteiger partial charge on any atom is 0.0603 e. The predicted octanol–water partition coefficient (Wildman–Crippen LogP) is 1.55. The molecule has 0 aliphatic heterocycles. The third-order valence-electron chi connectivity index (χ3n) is 1.51. The van der Waals surface area contributed by atoms with Crippen LogP contribution in [0.2, 0.25) is 0 Å². The Bertz CT molecular complexity index is 218. The van der Waals surface area contributed by atoms with Crippen molar-refractivity contribution in [2.45, 2.75) is 0 Å².